The maximum atomic E-state index is 11.2. The molecule has 4 nitrogen and oxygen atoms in total. The van der Waals surface area contributed by atoms with Gasteiger partial charge in [0.1, 0.15) is 13.2 Å². The van der Waals surface area contributed by atoms with Gasteiger partial charge in [-0.3, -0.25) is 4.84 Å². The Hall–Kier alpha value is -1.99. The van der Waals surface area contributed by atoms with Crippen LogP contribution in [0.2, 0.25) is 0 Å². The van der Waals surface area contributed by atoms with Crippen LogP contribution in [0.3, 0.4) is 0 Å². The Morgan fingerprint density at radius 3 is 2.79 bits per heavy atom. The van der Waals surface area contributed by atoms with Crippen LogP contribution in [0.4, 0.5) is 4.79 Å². The summed E-state index contributed by atoms with van der Waals surface area (Å²) in [6, 6.07) is 9.45. The monoisotopic (exact) mass is 261 g/mol. The second kappa shape index (κ2) is 9.98. The molecule has 0 unspecified atom stereocenters. The number of amides is 1. The average Bonchev–Trinajstić information content (AvgIpc) is 2.45. The van der Waals surface area contributed by atoms with Crippen molar-refractivity contribution in [3.05, 3.63) is 35.9 Å². The highest BCUT2D eigenvalue weighted by atomic mass is 16.7. The lowest BCUT2D eigenvalue weighted by atomic mass is 10.2. The first-order valence-corrected chi connectivity index (χ1v) is 6.37. The lowest BCUT2D eigenvalue weighted by Crippen LogP contribution is -2.24. The van der Waals surface area contributed by atoms with Crippen molar-refractivity contribution in [1.82, 2.24) is 5.48 Å². The van der Waals surface area contributed by atoms with Gasteiger partial charge < -0.3 is 4.74 Å². The highest BCUT2D eigenvalue weighted by Crippen LogP contribution is 2.00. The lowest BCUT2D eigenvalue weighted by Gasteiger charge is -2.05. The van der Waals surface area contributed by atoms with E-state index in [2.05, 4.69) is 24.2 Å². The molecule has 1 aromatic rings. The fourth-order valence-electron chi connectivity index (χ4n) is 1.29. The van der Waals surface area contributed by atoms with E-state index < -0.39 is 6.09 Å². The lowest BCUT2D eigenvalue weighted by molar-refractivity contribution is 0.0410. The Balaban J connectivity index is 2.06. The molecule has 0 aliphatic heterocycles. The summed E-state index contributed by atoms with van der Waals surface area (Å²) < 4.78 is 4.95. The molecule has 0 atom stereocenters. The van der Waals surface area contributed by atoms with Gasteiger partial charge in [-0.2, -0.15) is 5.48 Å². The van der Waals surface area contributed by atoms with Gasteiger partial charge in [0.25, 0.3) is 0 Å². The van der Waals surface area contributed by atoms with Crippen LogP contribution in [0.25, 0.3) is 0 Å². The van der Waals surface area contributed by atoms with Crippen LogP contribution in [0.15, 0.2) is 30.3 Å². The summed E-state index contributed by atoms with van der Waals surface area (Å²) in [7, 11) is 0. The molecule has 0 fully saturated rings. The van der Waals surface area contributed by atoms with Crippen LogP contribution < -0.4 is 5.48 Å². The fourth-order valence-corrected chi connectivity index (χ4v) is 1.29. The van der Waals surface area contributed by atoms with Crippen LogP contribution in [0.1, 0.15) is 31.7 Å². The summed E-state index contributed by atoms with van der Waals surface area (Å²) in [5.74, 6) is 5.76. The quantitative estimate of drug-likeness (QED) is 0.486. The number of nitrogens with one attached hydrogen (secondary N) is 1. The van der Waals surface area contributed by atoms with Gasteiger partial charge in [-0.15, -0.1) is 5.92 Å². The molecule has 1 amide bonds. The highest BCUT2D eigenvalue weighted by molar-refractivity contribution is 5.65. The van der Waals surface area contributed by atoms with E-state index in [1.807, 2.05) is 30.3 Å². The molecule has 0 spiro atoms. The molecule has 0 heterocycles. The minimum Gasteiger partial charge on any atom is -0.443 e. The second-order valence-electron chi connectivity index (χ2n) is 3.91. The van der Waals surface area contributed by atoms with E-state index in [1.165, 1.54) is 0 Å². The largest absolute Gasteiger partial charge is 0.443 e. The zero-order chi connectivity index (χ0) is 13.8. The highest BCUT2D eigenvalue weighted by Gasteiger charge is 2.01. The SMILES string of the molecule is CCCCC#CCONC(=O)OCc1ccccc1. The topological polar surface area (TPSA) is 47.6 Å². The number of unbranched alkanes of at least 4 members (excludes halogenated alkanes) is 2. The maximum Gasteiger partial charge on any atom is 0.431 e. The zero-order valence-electron chi connectivity index (χ0n) is 11.1. The third kappa shape index (κ3) is 7.85. The molecule has 0 aliphatic rings. The Morgan fingerprint density at radius 1 is 1.26 bits per heavy atom. The number of hydrogen-bond donors (Lipinski definition) is 1. The Labute approximate surface area is 114 Å². The summed E-state index contributed by atoms with van der Waals surface area (Å²) in [4.78, 5) is 16.1. The van der Waals surface area contributed by atoms with Crippen molar-refractivity contribution >= 4 is 6.09 Å². The van der Waals surface area contributed by atoms with Gasteiger partial charge in [-0.1, -0.05) is 49.6 Å². The van der Waals surface area contributed by atoms with Gasteiger partial charge in [-0.05, 0) is 12.0 Å². The van der Waals surface area contributed by atoms with Crippen LogP contribution in [-0.2, 0) is 16.2 Å². The van der Waals surface area contributed by atoms with E-state index in [-0.39, 0.29) is 13.2 Å². The zero-order valence-corrected chi connectivity index (χ0v) is 11.1. The molecular weight excluding hydrogens is 242 g/mol. The summed E-state index contributed by atoms with van der Waals surface area (Å²) in [6.45, 7) is 2.50. The molecule has 1 N–H and O–H groups in total. The Morgan fingerprint density at radius 2 is 2.05 bits per heavy atom. The van der Waals surface area contributed by atoms with Crippen LogP contribution in [0, 0.1) is 11.8 Å². The number of hydroxylamine groups is 1. The van der Waals surface area contributed by atoms with E-state index >= 15 is 0 Å². The predicted molar refractivity (Wildman–Crippen MR) is 73.0 cm³/mol. The summed E-state index contributed by atoms with van der Waals surface area (Å²) >= 11 is 0. The number of carbonyl (C=O) groups excluding carboxylic acids is 1. The van der Waals surface area contributed by atoms with Gasteiger partial charge in [0.15, 0.2) is 0 Å². The van der Waals surface area contributed by atoms with Crippen molar-refractivity contribution < 1.29 is 14.4 Å². The number of carbonyl (C=O) groups is 1. The molecule has 19 heavy (non-hydrogen) atoms. The molecule has 102 valence electrons. The summed E-state index contributed by atoms with van der Waals surface area (Å²) in [5.41, 5.74) is 3.11. The maximum absolute atomic E-state index is 11.2. The van der Waals surface area contributed by atoms with E-state index in [9.17, 15) is 4.79 Å². The van der Waals surface area contributed by atoms with Crippen molar-refractivity contribution in [3.8, 4) is 11.8 Å². The van der Waals surface area contributed by atoms with Crippen LogP contribution >= 0.6 is 0 Å². The van der Waals surface area contributed by atoms with E-state index in [0.717, 1.165) is 24.8 Å². The van der Waals surface area contributed by atoms with Gasteiger partial charge >= 0.3 is 6.09 Å². The number of benzene rings is 1. The average molecular weight is 261 g/mol. The Bertz CT molecular complexity index is 420. The van der Waals surface area contributed by atoms with Crippen LogP contribution in [0.5, 0.6) is 0 Å². The molecule has 0 aromatic heterocycles. The number of ether oxygens (including phenoxy) is 1. The van der Waals surface area contributed by atoms with E-state index in [1.54, 1.807) is 0 Å². The molecule has 0 aliphatic carbocycles. The molecule has 0 bridgehead atoms. The van der Waals surface area contributed by atoms with Gasteiger partial charge in [0.2, 0.25) is 0 Å². The molecule has 1 rings (SSSR count). The van der Waals surface area contributed by atoms with E-state index in [0.29, 0.717) is 0 Å². The molecule has 1 aromatic carbocycles. The summed E-state index contributed by atoms with van der Waals surface area (Å²) in [6.07, 6.45) is 2.46. The van der Waals surface area contributed by atoms with Crippen molar-refractivity contribution in [2.24, 2.45) is 0 Å². The summed E-state index contributed by atoms with van der Waals surface area (Å²) in [5, 5.41) is 0. The molecular formula is C15H19NO3. The molecule has 0 saturated carbocycles. The number of hydrogen-bond acceptors (Lipinski definition) is 3. The molecule has 0 saturated heterocycles. The number of rotatable bonds is 6. The smallest absolute Gasteiger partial charge is 0.431 e. The predicted octanol–water partition coefficient (Wildman–Crippen LogP) is 3.04. The second-order valence-corrected chi connectivity index (χ2v) is 3.91. The first-order valence-electron chi connectivity index (χ1n) is 6.37. The minimum atomic E-state index is -0.612. The van der Waals surface area contributed by atoms with Crippen molar-refractivity contribution in [1.29, 1.82) is 0 Å². The first kappa shape index (κ1) is 15.1. The minimum absolute atomic E-state index is 0.171. The van der Waals surface area contributed by atoms with Gasteiger partial charge in [-0.25, -0.2) is 4.79 Å². The normalized spacial score (nSPS) is 9.32. The molecule has 0 radical (unpaired) electrons. The van der Waals surface area contributed by atoms with Crippen molar-refractivity contribution in [3.63, 3.8) is 0 Å². The standard InChI is InChI=1S/C15H19NO3/c1-2-3-4-5-9-12-19-16-15(17)18-13-14-10-7-6-8-11-14/h6-8,10-11H,2-4,12-13H2,1H3,(H,16,17). The third-order valence-corrected chi connectivity index (χ3v) is 2.29. The first-order chi connectivity index (χ1) is 9.33. The molecule has 4 heteroatoms. The van der Waals surface area contributed by atoms with Crippen LogP contribution in [-0.4, -0.2) is 12.7 Å². The third-order valence-electron chi connectivity index (χ3n) is 2.29. The Kier molecular flexibility index (Phi) is 7.92. The van der Waals surface area contributed by atoms with E-state index in [4.69, 9.17) is 9.57 Å². The van der Waals surface area contributed by atoms with Gasteiger partial charge in [0, 0.05) is 6.42 Å². The van der Waals surface area contributed by atoms with Crippen molar-refractivity contribution in [2.75, 3.05) is 6.61 Å². The van der Waals surface area contributed by atoms with Crippen molar-refractivity contribution in [2.45, 2.75) is 32.8 Å². The fraction of sp³-hybridized carbons (Fsp3) is 0.400. The van der Waals surface area contributed by atoms with Gasteiger partial charge in [0.05, 0.1) is 0 Å².